The molecule has 1 aliphatic heterocycles. The number of nitrogens with zero attached hydrogens (tertiary/aromatic N) is 2. The molecule has 4 rings (SSSR count). The minimum Gasteiger partial charge on any atom is -0.341 e. The fourth-order valence-corrected chi connectivity index (χ4v) is 5.13. The Hall–Kier alpha value is -2.73. The van der Waals surface area contributed by atoms with Crippen molar-refractivity contribution in [1.82, 2.24) is 9.47 Å². The van der Waals surface area contributed by atoms with Crippen LogP contribution < -0.4 is 5.32 Å². The first-order valence-electron chi connectivity index (χ1n) is 11.4. The molecule has 1 aromatic heterocycles. The standard InChI is InChI=1S/C26H31N3O2S/c1-19-10-9-12-22(20(19)2)27-25(30)18-32-24-16-29(23-13-6-5-11-21(23)24)17-26(31)28-14-7-3-4-8-15-28/h5-6,9-13,16H,3-4,7-8,14-15,17-18H2,1-2H3,(H,27,30). The normalized spacial score (nSPS) is 14.4. The van der Waals surface area contributed by atoms with Crippen molar-refractivity contribution < 1.29 is 9.59 Å². The van der Waals surface area contributed by atoms with Crippen LogP contribution in [-0.2, 0) is 16.1 Å². The van der Waals surface area contributed by atoms with E-state index in [0.717, 1.165) is 58.5 Å². The van der Waals surface area contributed by atoms with Gasteiger partial charge in [0.25, 0.3) is 0 Å². The largest absolute Gasteiger partial charge is 0.341 e. The topological polar surface area (TPSA) is 54.3 Å². The molecule has 0 saturated carbocycles. The molecule has 0 radical (unpaired) electrons. The summed E-state index contributed by atoms with van der Waals surface area (Å²) in [5, 5.41) is 4.11. The summed E-state index contributed by atoms with van der Waals surface area (Å²) in [5.41, 5.74) is 4.15. The summed E-state index contributed by atoms with van der Waals surface area (Å²) in [6, 6.07) is 14.0. The van der Waals surface area contributed by atoms with Crippen molar-refractivity contribution in [3.63, 3.8) is 0 Å². The maximum absolute atomic E-state index is 12.9. The van der Waals surface area contributed by atoms with E-state index in [-0.39, 0.29) is 11.8 Å². The molecule has 2 aromatic carbocycles. The first-order chi connectivity index (χ1) is 15.5. The highest BCUT2D eigenvalue weighted by Gasteiger charge is 2.18. The van der Waals surface area contributed by atoms with Crippen molar-refractivity contribution in [3.8, 4) is 0 Å². The Bertz CT molecular complexity index is 1110. The summed E-state index contributed by atoms with van der Waals surface area (Å²) in [6.45, 7) is 6.13. The Morgan fingerprint density at radius 1 is 0.969 bits per heavy atom. The second-order valence-electron chi connectivity index (χ2n) is 8.52. The minimum absolute atomic E-state index is 0.0267. The van der Waals surface area contributed by atoms with Crippen LogP contribution in [-0.4, -0.2) is 40.1 Å². The van der Waals surface area contributed by atoms with Crippen molar-refractivity contribution in [3.05, 3.63) is 59.8 Å². The Morgan fingerprint density at radius 3 is 2.50 bits per heavy atom. The first kappa shape index (κ1) is 22.5. The van der Waals surface area contributed by atoms with E-state index in [1.807, 2.05) is 65.9 Å². The monoisotopic (exact) mass is 449 g/mol. The van der Waals surface area contributed by atoms with E-state index in [0.29, 0.717) is 12.3 Å². The lowest BCUT2D eigenvalue weighted by Gasteiger charge is -2.20. The first-order valence-corrected chi connectivity index (χ1v) is 12.4. The third-order valence-electron chi connectivity index (χ3n) is 6.25. The molecular weight excluding hydrogens is 418 g/mol. The van der Waals surface area contributed by atoms with Gasteiger partial charge in [0.2, 0.25) is 11.8 Å². The molecular formula is C26H31N3O2S. The van der Waals surface area contributed by atoms with Crippen LogP contribution in [0.5, 0.6) is 0 Å². The lowest BCUT2D eigenvalue weighted by molar-refractivity contribution is -0.131. The molecule has 0 atom stereocenters. The van der Waals surface area contributed by atoms with Crippen molar-refractivity contribution in [2.45, 2.75) is 51.0 Å². The molecule has 32 heavy (non-hydrogen) atoms. The summed E-state index contributed by atoms with van der Waals surface area (Å²) in [7, 11) is 0. The van der Waals surface area contributed by atoms with Crippen molar-refractivity contribution in [2.24, 2.45) is 0 Å². The van der Waals surface area contributed by atoms with Crippen LogP contribution in [0.2, 0.25) is 0 Å². The highest BCUT2D eigenvalue weighted by molar-refractivity contribution is 8.00. The number of aryl methyl sites for hydroxylation is 1. The highest BCUT2D eigenvalue weighted by Crippen LogP contribution is 2.30. The Balaban J connectivity index is 1.45. The number of likely N-dealkylation sites (tertiary alicyclic amines) is 1. The van der Waals surface area contributed by atoms with E-state index in [2.05, 4.69) is 11.4 Å². The third-order valence-corrected chi connectivity index (χ3v) is 7.30. The van der Waals surface area contributed by atoms with Gasteiger partial charge in [-0.2, -0.15) is 0 Å². The van der Waals surface area contributed by atoms with E-state index in [4.69, 9.17) is 0 Å². The van der Waals surface area contributed by atoms with Gasteiger partial charge in [-0.1, -0.05) is 43.2 Å². The number of aromatic nitrogens is 1. The summed E-state index contributed by atoms with van der Waals surface area (Å²) >= 11 is 1.52. The SMILES string of the molecule is Cc1cccc(NC(=O)CSc2cn(CC(=O)N3CCCCCC3)c3ccccc23)c1C. The number of hydrogen-bond donors (Lipinski definition) is 1. The van der Waals surface area contributed by atoms with Crippen LogP contribution >= 0.6 is 11.8 Å². The molecule has 0 unspecified atom stereocenters. The highest BCUT2D eigenvalue weighted by atomic mass is 32.2. The molecule has 0 bridgehead atoms. The average molecular weight is 450 g/mol. The molecule has 168 valence electrons. The number of carbonyl (C=O) groups excluding carboxylic acids is 2. The maximum Gasteiger partial charge on any atom is 0.242 e. The fourth-order valence-electron chi connectivity index (χ4n) is 4.24. The van der Waals surface area contributed by atoms with Gasteiger partial charge in [0, 0.05) is 40.8 Å². The van der Waals surface area contributed by atoms with Gasteiger partial charge in [0.1, 0.15) is 6.54 Å². The van der Waals surface area contributed by atoms with Crippen molar-refractivity contribution >= 4 is 40.2 Å². The Morgan fingerprint density at radius 2 is 1.72 bits per heavy atom. The number of carbonyl (C=O) groups is 2. The summed E-state index contributed by atoms with van der Waals surface area (Å²) in [6.07, 6.45) is 6.63. The van der Waals surface area contributed by atoms with Crippen LogP contribution in [0.25, 0.3) is 10.9 Å². The molecule has 5 nitrogen and oxygen atoms in total. The molecule has 0 aliphatic carbocycles. The lowest BCUT2D eigenvalue weighted by Crippen LogP contribution is -2.34. The fraction of sp³-hybridized carbons (Fsp3) is 0.385. The molecule has 0 spiro atoms. The van der Waals surface area contributed by atoms with Crippen LogP contribution in [0, 0.1) is 13.8 Å². The maximum atomic E-state index is 12.9. The van der Waals surface area contributed by atoms with E-state index in [9.17, 15) is 9.59 Å². The number of amides is 2. The molecule has 1 saturated heterocycles. The summed E-state index contributed by atoms with van der Waals surface area (Å²) in [5.74, 6) is 0.472. The van der Waals surface area contributed by atoms with Gasteiger partial charge in [-0.05, 0) is 49.9 Å². The predicted octanol–water partition coefficient (Wildman–Crippen LogP) is 5.39. The minimum atomic E-state index is -0.0267. The van der Waals surface area contributed by atoms with Gasteiger partial charge in [0.15, 0.2) is 0 Å². The number of hydrogen-bond acceptors (Lipinski definition) is 3. The zero-order valence-corrected chi connectivity index (χ0v) is 19.7. The third kappa shape index (κ3) is 5.18. The number of benzene rings is 2. The number of rotatable bonds is 6. The summed E-state index contributed by atoms with van der Waals surface area (Å²) < 4.78 is 2.04. The second kappa shape index (κ2) is 10.3. The number of anilines is 1. The average Bonchev–Trinajstić information content (AvgIpc) is 2.95. The van der Waals surface area contributed by atoms with Gasteiger partial charge in [-0.25, -0.2) is 0 Å². The molecule has 2 heterocycles. The van der Waals surface area contributed by atoms with Gasteiger partial charge >= 0.3 is 0 Å². The van der Waals surface area contributed by atoms with Gasteiger partial charge < -0.3 is 14.8 Å². The second-order valence-corrected chi connectivity index (χ2v) is 9.53. The molecule has 1 N–H and O–H groups in total. The Kier molecular flexibility index (Phi) is 7.20. The zero-order chi connectivity index (χ0) is 22.5. The van der Waals surface area contributed by atoms with E-state index >= 15 is 0 Å². The number of para-hydroxylation sites is 1. The van der Waals surface area contributed by atoms with Crippen LogP contribution in [0.1, 0.15) is 36.8 Å². The molecule has 1 fully saturated rings. The number of nitrogens with one attached hydrogen (secondary N) is 1. The van der Waals surface area contributed by atoms with Crippen LogP contribution in [0.3, 0.4) is 0 Å². The quantitative estimate of drug-likeness (QED) is 0.513. The van der Waals surface area contributed by atoms with Crippen molar-refractivity contribution in [1.29, 1.82) is 0 Å². The number of thioether (sulfide) groups is 1. The van der Waals surface area contributed by atoms with E-state index in [1.165, 1.54) is 24.6 Å². The molecule has 2 amide bonds. The smallest absolute Gasteiger partial charge is 0.242 e. The van der Waals surface area contributed by atoms with Gasteiger partial charge in [0.05, 0.1) is 5.75 Å². The van der Waals surface area contributed by atoms with E-state index < -0.39 is 0 Å². The Labute approximate surface area is 194 Å². The van der Waals surface area contributed by atoms with Gasteiger partial charge in [-0.15, -0.1) is 11.8 Å². The predicted molar refractivity (Wildman–Crippen MR) is 132 cm³/mol. The van der Waals surface area contributed by atoms with Crippen molar-refractivity contribution in [2.75, 3.05) is 24.2 Å². The van der Waals surface area contributed by atoms with E-state index in [1.54, 1.807) is 0 Å². The molecule has 3 aromatic rings. The lowest BCUT2D eigenvalue weighted by atomic mass is 10.1. The zero-order valence-electron chi connectivity index (χ0n) is 18.9. The van der Waals surface area contributed by atoms with Crippen LogP contribution in [0.4, 0.5) is 5.69 Å². The molecule has 6 heteroatoms. The van der Waals surface area contributed by atoms with Crippen LogP contribution in [0.15, 0.2) is 53.6 Å². The molecule has 1 aliphatic rings. The summed E-state index contributed by atoms with van der Waals surface area (Å²) in [4.78, 5) is 28.6. The van der Waals surface area contributed by atoms with Gasteiger partial charge in [-0.3, -0.25) is 9.59 Å². The number of fused-ring (bicyclic) bond motifs is 1.